The Morgan fingerprint density at radius 1 is 0.733 bits per heavy atom. The van der Waals surface area contributed by atoms with Crippen LogP contribution < -0.4 is 5.32 Å². The van der Waals surface area contributed by atoms with Crippen molar-refractivity contribution >= 4 is 65.0 Å². The molecule has 0 spiro atoms. The molecule has 45 heavy (non-hydrogen) atoms. The van der Waals surface area contributed by atoms with Crippen LogP contribution in [-0.2, 0) is 0 Å². The van der Waals surface area contributed by atoms with Crippen LogP contribution in [0.15, 0.2) is 150 Å². The van der Waals surface area contributed by atoms with Gasteiger partial charge in [0.05, 0.1) is 22.8 Å². The average molecular weight is 598 g/mol. The van der Waals surface area contributed by atoms with Crippen molar-refractivity contribution in [2.75, 3.05) is 0 Å². The molecule has 5 aromatic carbocycles. The first-order chi connectivity index (χ1) is 22.2. The number of para-hydroxylation sites is 1. The Kier molecular flexibility index (Phi) is 6.10. The van der Waals surface area contributed by atoms with Crippen LogP contribution in [0, 0.1) is 5.92 Å². The Morgan fingerprint density at radius 2 is 1.51 bits per heavy atom. The molecule has 2 unspecified atom stereocenters. The zero-order valence-corrected chi connectivity index (χ0v) is 25.8. The number of hydrogen-bond donors (Lipinski definition) is 1. The van der Waals surface area contributed by atoms with Gasteiger partial charge in [0, 0.05) is 36.5 Å². The van der Waals surface area contributed by atoms with Gasteiger partial charge < -0.3 is 5.32 Å². The van der Waals surface area contributed by atoms with Crippen molar-refractivity contribution in [3.8, 4) is 11.1 Å². The van der Waals surface area contributed by atoms with Gasteiger partial charge in [0.2, 0.25) is 5.96 Å². The lowest BCUT2D eigenvalue weighted by atomic mass is 9.90. The normalized spacial score (nSPS) is 18.3. The molecule has 1 N–H and O–H groups in total. The van der Waals surface area contributed by atoms with Crippen molar-refractivity contribution in [1.29, 1.82) is 0 Å². The maximum absolute atomic E-state index is 5.29. The molecule has 4 heteroatoms. The van der Waals surface area contributed by atoms with E-state index in [1.165, 1.54) is 47.6 Å². The molecule has 3 nitrogen and oxygen atoms in total. The number of aromatic nitrogens is 1. The molecule has 1 aliphatic heterocycles. The highest BCUT2D eigenvalue weighted by atomic mass is 32.1. The number of hydrogen-bond acceptors (Lipinski definition) is 3. The molecule has 216 valence electrons. The third-order valence-corrected chi connectivity index (χ3v) is 10.4. The maximum atomic E-state index is 5.29. The van der Waals surface area contributed by atoms with Gasteiger partial charge in [-0.25, -0.2) is 4.99 Å². The van der Waals surface area contributed by atoms with Crippen molar-refractivity contribution in [2.45, 2.75) is 19.4 Å². The zero-order chi connectivity index (χ0) is 29.9. The molecule has 9 rings (SSSR count). The van der Waals surface area contributed by atoms with Crippen LogP contribution in [0.4, 0.5) is 0 Å². The van der Waals surface area contributed by atoms with Crippen LogP contribution in [0.25, 0.3) is 58.8 Å². The van der Waals surface area contributed by atoms with E-state index >= 15 is 0 Å². The number of nitrogens with one attached hydrogen (secondary N) is 1. The molecule has 0 bridgehead atoms. The van der Waals surface area contributed by atoms with Gasteiger partial charge in [-0.05, 0) is 59.4 Å². The lowest BCUT2D eigenvalue weighted by molar-refractivity contribution is 0.649. The number of fused-ring (bicyclic) bond motifs is 6. The van der Waals surface area contributed by atoms with Crippen molar-refractivity contribution in [3.63, 3.8) is 0 Å². The summed E-state index contributed by atoms with van der Waals surface area (Å²) in [5.74, 6) is 1.37. The topological polar surface area (TPSA) is 29.3 Å². The number of nitrogens with zero attached hydrogens (tertiary/aromatic N) is 2. The zero-order valence-electron chi connectivity index (χ0n) is 24.9. The first-order valence-corrected chi connectivity index (χ1v) is 16.5. The van der Waals surface area contributed by atoms with Crippen molar-refractivity contribution < 1.29 is 0 Å². The van der Waals surface area contributed by atoms with E-state index in [-0.39, 0.29) is 6.04 Å². The summed E-state index contributed by atoms with van der Waals surface area (Å²) in [5, 5.41) is 8.96. The summed E-state index contributed by atoms with van der Waals surface area (Å²) in [6.45, 7) is 2.28. The molecule has 2 aromatic heterocycles. The second kappa shape index (κ2) is 10.5. The summed E-state index contributed by atoms with van der Waals surface area (Å²) in [6, 6.07) is 41.7. The van der Waals surface area contributed by atoms with Gasteiger partial charge in [-0.1, -0.05) is 116 Å². The van der Waals surface area contributed by atoms with Crippen LogP contribution in [-0.4, -0.2) is 16.6 Å². The Hall–Kier alpha value is -5.19. The summed E-state index contributed by atoms with van der Waals surface area (Å²) >= 11 is 1.88. The fourth-order valence-electron chi connectivity index (χ4n) is 7.06. The molecule has 0 saturated carbocycles. The highest BCUT2D eigenvalue weighted by Crippen LogP contribution is 2.41. The van der Waals surface area contributed by atoms with Gasteiger partial charge in [0.1, 0.15) is 0 Å². The molecular formula is C41H31N3S. The van der Waals surface area contributed by atoms with Gasteiger partial charge in [-0.3, -0.25) is 4.57 Å². The Balaban J connectivity index is 1.23. The largest absolute Gasteiger partial charge is 0.345 e. The monoisotopic (exact) mass is 597 g/mol. The van der Waals surface area contributed by atoms with Gasteiger partial charge in [0.15, 0.2) is 0 Å². The molecule has 3 heterocycles. The van der Waals surface area contributed by atoms with E-state index in [2.05, 4.69) is 156 Å². The summed E-state index contributed by atoms with van der Waals surface area (Å²) in [5.41, 5.74) is 8.31. The summed E-state index contributed by atoms with van der Waals surface area (Å²) in [6.07, 6.45) is 10.1. The van der Waals surface area contributed by atoms with Crippen LogP contribution in [0.5, 0.6) is 0 Å². The standard InChI is InChI=1S/C41H31N3S/c1-26-11-9-14-29(23-26)36-25-35(27-12-3-2-4-13-27)42-41(43-36)44-37-19-7-5-15-31(37)34-24-28(21-22-38(34)44)30-17-10-18-33-32-16-6-8-20-39(32)45-40(30)33/h2-22,24-26,36H,23H2,1H3,(H,42,43). The molecule has 0 amide bonds. The maximum Gasteiger partial charge on any atom is 0.209 e. The predicted molar refractivity (Wildman–Crippen MR) is 193 cm³/mol. The van der Waals surface area contributed by atoms with Gasteiger partial charge in [-0.2, -0.15) is 0 Å². The van der Waals surface area contributed by atoms with E-state index in [1.54, 1.807) is 0 Å². The van der Waals surface area contributed by atoms with E-state index < -0.39 is 0 Å². The first kappa shape index (κ1) is 26.2. The van der Waals surface area contributed by atoms with Gasteiger partial charge in [0.25, 0.3) is 0 Å². The minimum absolute atomic E-state index is 0.0566. The highest BCUT2D eigenvalue weighted by molar-refractivity contribution is 7.26. The Morgan fingerprint density at radius 3 is 2.40 bits per heavy atom. The molecule has 1 aliphatic carbocycles. The fourth-order valence-corrected chi connectivity index (χ4v) is 8.29. The summed E-state index contributed by atoms with van der Waals surface area (Å²) in [7, 11) is 0. The van der Waals surface area contributed by atoms with Crippen molar-refractivity contribution in [1.82, 2.24) is 9.88 Å². The second-order valence-corrected chi connectivity index (χ2v) is 13.2. The van der Waals surface area contributed by atoms with Crippen molar-refractivity contribution in [3.05, 3.63) is 151 Å². The minimum atomic E-state index is 0.0566. The lowest BCUT2D eigenvalue weighted by Crippen LogP contribution is -2.41. The SMILES string of the molecule is CC1C=CC=C(C2C=C(c3ccccc3)N=C(n3c4ccccc4c4cc(-c5cccc6c5sc5ccccc56)ccc43)N2)C1. The van der Waals surface area contributed by atoms with Crippen LogP contribution in [0.1, 0.15) is 18.9 Å². The van der Waals surface area contributed by atoms with Crippen molar-refractivity contribution in [2.24, 2.45) is 10.9 Å². The predicted octanol–water partition coefficient (Wildman–Crippen LogP) is 10.6. The van der Waals surface area contributed by atoms with Gasteiger partial charge in [-0.15, -0.1) is 11.3 Å². The van der Waals surface area contributed by atoms with E-state index in [9.17, 15) is 0 Å². The third kappa shape index (κ3) is 4.36. The smallest absolute Gasteiger partial charge is 0.209 e. The first-order valence-electron chi connectivity index (χ1n) is 15.7. The number of thiophene rings is 1. The molecular weight excluding hydrogens is 567 g/mol. The van der Waals surface area contributed by atoms with E-state index in [0.29, 0.717) is 5.92 Å². The van der Waals surface area contributed by atoms with Crippen LogP contribution in [0.2, 0.25) is 0 Å². The molecule has 2 aliphatic rings. The fraction of sp³-hybridized carbons (Fsp3) is 0.0976. The quantitative estimate of drug-likeness (QED) is 0.216. The second-order valence-electron chi connectivity index (χ2n) is 12.1. The number of allylic oxidation sites excluding steroid dienone is 3. The molecule has 0 saturated heterocycles. The van der Waals surface area contributed by atoms with Gasteiger partial charge >= 0.3 is 0 Å². The number of rotatable bonds is 3. The van der Waals surface area contributed by atoms with E-state index in [0.717, 1.165) is 34.7 Å². The molecule has 7 aromatic rings. The molecule has 2 atom stereocenters. The minimum Gasteiger partial charge on any atom is -0.345 e. The number of benzene rings is 5. The van der Waals surface area contributed by atoms with E-state index in [4.69, 9.17) is 4.99 Å². The van der Waals surface area contributed by atoms with Crippen LogP contribution >= 0.6 is 11.3 Å². The Labute approximate surface area is 266 Å². The third-order valence-electron chi connectivity index (χ3n) is 9.21. The highest BCUT2D eigenvalue weighted by Gasteiger charge is 2.25. The summed E-state index contributed by atoms with van der Waals surface area (Å²) < 4.78 is 4.98. The molecule has 0 radical (unpaired) electrons. The van der Waals surface area contributed by atoms with Crippen LogP contribution in [0.3, 0.4) is 0 Å². The molecule has 0 fully saturated rings. The Bertz CT molecular complexity index is 2400. The number of aliphatic imine (C=N–C) groups is 1. The van der Waals surface area contributed by atoms with E-state index in [1.807, 2.05) is 11.3 Å². The lowest BCUT2D eigenvalue weighted by Gasteiger charge is -2.28. The average Bonchev–Trinajstić information content (AvgIpc) is 3.64. The summed E-state index contributed by atoms with van der Waals surface area (Å²) in [4.78, 5) is 5.29.